The van der Waals surface area contributed by atoms with Crippen LogP contribution in [-0.2, 0) is 14.4 Å². The van der Waals surface area contributed by atoms with Crippen molar-refractivity contribution in [3.05, 3.63) is 82.3 Å². The molecule has 3 atom stereocenters. The number of imide groups is 1. The van der Waals surface area contributed by atoms with Crippen LogP contribution < -0.4 is 19.4 Å². The molecule has 0 aliphatic carbocycles. The molecule has 0 saturated carbocycles. The van der Waals surface area contributed by atoms with E-state index < -0.39 is 29.9 Å². The number of rotatable bonds is 5. The molecule has 3 aromatic rings. The fraction of sp³-hybridized carbons (Fsp3) is 0.200. The van der Waals surface area contributed by atoms with Gasteiger partial charge in [0.25, 0.3) is 5.91 Å². The molecule has 0 spiro atoms. The van der Waals surface area contributed by atoms with E-state index in [1.165, 1.54) is 0 Å². The Morgan fingerprint density at radius 1 is 0.853 bits per heavy atom. The molecule has 2 heterocycles. The van der Waals surface area contributed by atoms with Crippen molar-refractivity contribution in [2.75, 3.05) is 24.2 Å². The van der Waals surface area contributed by atoms with E-state index >= 15 is 0 Å². The third-order valence-electron chi connectivity index (χ3n) is 6.04. The highest BCUT2D eigenvalue weighted by atomic mass is 35.5. The van der Waals surface area contributed by atoms with Crippen LogP contribution in [0.25, 0.3) is 0 Å². The van der Waals surface area contributed by atoms with E-state index in [1.807, 2.05) is 30.3 Å². The Labute approximate surface area is 206 Å². The summed E-state index contributed by atoms with van der Waals surface area (Å²) < 4.78 is 11.0. The van der Waals surface area contributed by atoms with E-state index in [1.54, 1.807) is 55.7 Å². The molecule has 34 heavy (non-hydrogen) atoms. The summed E-state index contributed by atoms with van der Waals surface area (Å²) in [4.78, 5) is 34.5. The molecular weight excluding hydrogens is 479 g/mol. The molecular formula is C25H20Cl2N2O5. The molecule has 0 bridgehead atoms. The summed E-state index contributed by atoms with van der Waals surface area (Å²) in [6.45, 7) is 0. The van der Waals surface area contributed by atoms with Crippen molar-refractivity contribution in [3.8, 4) is 11.5 Å². The monoisotopic (exact) mass is 498 g/mol. The quantitative estimate of drug-likeness (QED) is 0.458. The molecule has 2 amide bonds. The predicted molar refractivity (Wildman–Crippen MR) is 129 cm³/mol. The summed E-state index contributed by atoms with van der Waals surface area (Å²) in [5, 5.41) is 1.99. The number of para-hydroxylation sites is 2. The van der Waals surface area contributed by atoms with E-state index in [4.69, 9.17) is 37.5 Å². The van der Waals surface area contributed by atoms with Gasteiger partial charge in [0.15, 0.2) is 6.10 Å². The lowest BCUT2D eigenvalue weighted by Crippen LogP contribution is -2.37. The Morgan fingerprint density at radius 2 is 1.56 bits per heavy atom. The molecule has 5 rings (SSSR count). The van der Waals surface area contributed by atoms with Crippen LogP contribution >= 0.6 is 23.2 Å². The Morgan fingerprint density at radius 3 is 2.21 bits per heavy atom. The van der Waals surface area contributed by atoms with Gasteiger partial charge in [-0.15, -0.1) is 0 Å². The Balaban J connectivity index is 1.66. The van der Waals surface area contributed by atoms with Gasteiger partial charge in [0.2, 0.25) is 5.91 Å². The SMILES string of the molecule is COc1ccc(OC)c([C@@H]2[C@@H]3C(=O)N(c4c(Cl)cccc4Cl)C(=O)[C@H]3ON2c2ccccc2)c1. The maximum atomic E-state index is 13.8. The van der Waals surface area contributed by atoms with Crippen LogP contribution in [0.1, 0.15) is 11.6 Å². The van der Waals surface area contributed by atoms with Gasteiger partial charge in [-0.05, 0) is 42.5 Å². The number of nitrogens with zero attached hydrogens (tertiary/aromatic N) is 2. The summed E-state index contributed by atoms with van der Waals surface area (Å²) >= 11 is 12.7. The fourth-order valence-corrected chi connectivity index (χ4v) is 5.09. The third-order valence-corrected chi connectivity index (χ3v) is 6.65. The normalized spacial score (nSPS) is 21.7. The van der Waals surface area contributed by atoms with E-state index in [0.717, 1.165) is 4.90 Å². The van der Waals surface area contributed by atoms with Crippen LogP contribution in [0.15, 0.2) is 66.7 Å². The van der Waals surface area contributed by atoms with Gasteiger partial charge in [-0.1, -0.05) is 47.5 Å². The molecule has 2 saturated heterocycles. The van der Waals surface area contributed by atoms with Crippen molar-refractivity contribution in [3.63, 3.8) is 0 Å². The van der Waals surface area contributed by atoms with Crippen LogP contribution in [0, 0.1) is 5.92 Å². The van der Waals surface area contributed by atoms with Gasteiger partial charge in [0, 0.05) is 5.56 Å². The standard InChI is InChI=1S/C25H20Cl2N2O5/c1-32-15-11-12-19(33-2)16(13-15)21-20-23(34-29(21)14-7-4-3-5-8-14)25(31)28(24(20)30)22-17(26)9-6-10-18(22)27/h3-13,20-21,23H,1-2H3/t20-,21+,23-/m0/s1. The Bertz CT molecular complexity index is 1250. The molecule has 9 heteroatoms. The van der Waals surface area contributed by atoms with Gasteiger partial charge >= 0.3 is 0 Å². The lowest BCUT2D eigenvalue weighted by molar-refractivity contribution is -0.126. The lowest BCUT2D eigenvalue weighted by Gasteiger charge is -2.30. The van der Waals surface area contributed by atoms with Crippen LogP contribution in [0.2, 0.25) is 10.0 Å². The second-order valence-electron chi connectivity index (χ2n) is 7.85. The molecule has 0 aromatic heterocycles. The van der Waals surface area contributed by atoms with Gasteiger partial charge in [-0.25, -0.2) is 9.96 Å². The zero-order valence-electron chi connectivity index (χ0n) is 18.3. The molecule has 3 aromatic carbocycles. The summed E-state index contributed by atoms with van der Waals surface area (Å²) in [6.07, 6.45) is -1.07. The van der Waals surface area contributed by atoms with Crippen LogP contribution in [0.5, 0.6) is 11.5 Å². The first-order valence-electron chi connectivity index (χ1n) is 10.5. The van der Waals surface area contributed by atoms with Crippen LogP contribution in [0.4, 0.5) is 11.4 Å². The molecule has 2 fully saturated rings. The van der Waals surface area contributed by atoms with Gasteiger partial charge in [-0.2, -0.15) is 0 Å². The third kappa shape index (κ3) is 3.48. The van der Waals surface area contributed by atoms with Crippen molar-refractivity contribution in [1.82, 2.24) is 0 Å². The van der Waals surface area contributed by atoms with Crippen molar-refractivity contribution in [2.45, 2.75) is 12.1 Å². The highest BCUT2D eigenvalue weighted by Crippen LogP contribution is 2.51. The highest BCUT2D eigenvalue weighted by molar-refractivity contribution is 6.42. The van der Waals surface area contributed by atoms with Crippen LogP contribution in [0.3, 0.4) is 0 Å². The molecule has 0 radical (unpaired) electrons. The number of ether oxygens (including phenoxy) is 2. The van der Waals surface area contributed by atoms with Crippen molar-refractivity contribution >= 4 is 46.4 Å². The largest absolute Gasteiger partial charge is 0.497 e. The second-order valence-corrected chi connectivity index (χ2v) is 8.66. The summed E-state index contributed by atoms with van der Waals surface area (Å²) in [5.74, 6) is -0.754. The number of amides is 2. The van der Waals surface area contributed by atoms with Gasteiger partial charge < -0.3 is 9.47 Å². The van der Waals surface area contributed by atoms with Crippen molar-refractivity contribution in [2.24, 2.45) is 5.92 Å². The summed E-state index contributed by atoms with van der Waals surface area (Å²) in [5.41, 5.74) is 1.49. The number of hydrogen-bond acceptors (Lipinski definition) is 6. The van der Waals surface area contributed by atoms with Crippen molar-refractivity contribution < 1.29 is 23.9 Å². The first kappa shape index (κ1) is 22.5. The van der Waals surface area contributed by atoms with E-state index in [-0.39, 0.29) is 15.7 Å². The lowest BCUT2D eigenvalue weighted by atomic mass is 9.89. The van der Waals surface area contributed by atoms with Crippen LogP contribution in [-0.4, -0.2) is 32.1 Å². The number of hydrogen-bond donors (Lipinski definition) is 0. The number of carbonyl (C=O) groups is 2. The average Bonchev–Trinajstić information content (AvgIpc) is 3.36. The minimum Gasteiger partial charge on any atom is -0.497 e. The highest BCUT2D eigenvalue weighted by Gasteiger charge is 2.61. The first-order valence-corrected chi connectivity index (χ1v) is 11.3. The molecule has 174 valence electrons. The molecule has 2 aliphatic heterocycles. The minimum atomic E-state index is -1.07. The number of fused-ring (bicyclic) bond motifs is 1. The Hall–Kier alpha value is -3.26. The molecule has 0 unspecified atom stereocenters. The fourth-order valence-electron chi connectivity index (χ4n) is 4.52. The number of anilines is 2. The number of methoxy groups -OCH3 is 2. The Kier molecular flexibility index (Phi) is 5.85. The molecule has 0 N–H and O–H groups in total. The maximum Gasteiger partial charge on any atom is 0.266 e. The number of hydroxylamine groups is 1. The van der Waals surface area contributed by atoms with Crippen molar-refractivity contribution in [1.29, 1.82) is 0 Å². The maximum absolute atomic E-state index is 13.8. The van der Waals surface area contributed by atoms with E-state index in [0.29, 0.717) is 22.7 Å². The zero-order chi connectivity index (χ0) is 24.0. The number of carbonyl (C=O) groups excluding carboxylic acids is 2. The number of halogens is 2. The molecule has 2 aliphatic rings. The summed E-state index contributed by atoms with van der Waals surface area (Å²) in [6, 6.07) is 18.7. The van der Waals surface area contributed by atoms with Gasteiger partial charge in [0.1, 0.15) is 23.5 Å². The van der Waals surface area contributed by atoms with E-state index in [9.17, 15) is 9.59 Å². The van der Waals surface area contributed by atoms with E-state index in [2.05, 4.69) is 0 Å². The summed E-state index contributed by atoms with van der Waals surface area (Å²) in [7, 11) is 3.10. The number of benzene rings is 3. The minimum absolute atomic E-state index is 0.154. The molecule has 7 nitrogen and oxygen atoms in total. The second kappa shape index (κ2) is 8.83. The van der Waals surface area contributed by atoms with Gasteiger partial charge in [0.05, 0.1) is 35.6 Å². The topological polar surface area (TPSA) is 68.3 Å². The van der Waals surface area contributed by atoms with Gasteiger partial charge in [-0.3, -0.25) is 14.4 Å². The zero-order valence-corrected chi connectivity index (χ0v) is 19.8. The first-order chi connectivity index (χ1) is 16.5. The average molecular weight is 499 g/mol. The predicted octanol–water partition coefficient (Wildman–Crippen LogP) is 5.06. The smallest absolute Gasteiger partial charge is 0.266 e.